The Hall–Kier alpha value is -2.23. The molecule has 2 aromatic heterocycles. The van der Waals surface area contributed by atoms with Crippen molar-refractivity contribution in [3.8, 4) is 0 Å². The van der Waals surface area contributed by atoms with Gasteiger partial charge in [0.1, 0.15) is 5.71 Å². The standard InChI is InChI=1S/C11H9N3O/c15-14-11(9-3-6-12-7-4-9)10-2-1-5-13-8-10/h1-8,15H. The SMILES string of the molecule is ON=C(c1ccncc1)c1cccnc1. The van der Waals surface area contributed by atoms with E-state index in [4.69, 9.17) is 5.21 Å². The lowest BCUT2D eigenvalue weighted by Crippen LogP contribution is -2.03. The fraction of sp³-hybridized carbons (Fsp3) is 0. The van der Waals surface area contributed by atoms with Gasteiger partial charge in [0.15, 0.2) is 0 Å². The van der Waals surface area contributed by atoms with Gasteiger partial charge in [0.25, 0.3) is 0 Å². The lowest BCUT2D eigenvalue weighted by Gasteiger charge is -2.02. The molecular formula is C11H9N3O. The maximum atomic E-state index is 8.97. The van der Waals surface area contributed by atoms with Gasteiger partial charge in [-0.25, -0.2) is 0 Å². The summed E-state index contributed by atoms with van der Waals surface area (Å²) in [6, 6.07) is 7.19. The first-order valence-electron chi connectivity index (χ1n) is 4.44. The first-order chi connectivity index (χ1) is 7.42. The second kappa shape index (κ2) is 4.32. The molecule has 0 fully saturated rings. The highest BCUT2D eigenvalue weighted by Gasteiger charge is 2.06. The summed E-state index contributed by atoms with van der Waals surface area (Å²) in [5.41, 5.74) is 2.07. The van der Waals surface area contributed by atoms with Crippen molar-refractivity contribution in [2.45, 2.75) is 0 Å². The summed E-state index contributed by atoms with van der Waals surface area (Å²) in [6.45, 7) is 0. The Kier molecular flexibility index (Phi) is 2.69. The van der Waals surface area contributed by atoms with Crippen molar-refractivity contribution in [2.75, 3.05) is 0 Å². The number of pyridine rings is 2. The highest BCUT2D eigenvalue weighted by Crippen LogP contribution is 2.08. The van der Waals surface area contributed by atoms with Crippen LogP contribution in [0.4, 0.5) is 0 Å². The van der Waals surface area contributed by atoms with Gasteiger partial charge >= 0.3 is 0 Å². The number of rotatable bonds is 2. The van der Waals surface area contributed by atoms with Gasteiger partial charge in [-0.3, -0.25) is 9.97 Å². The Balaban J connectivity index is 2.44. The van der Waals surface area contributed by atoms with E-state index in [2.05, 4.69) is 15.1 Å². The maximum Gasteiger partial charge on any atom is 0.118 e. The van der Waals surface area contributed by atoms with Crippen LogP contribution < -0.4 is 0 Å². The van der Waals surface area contributed by atoms with Crippen molar-refractivity contribution < 1.29 is 5.21 Å². The molecule has 0 aromatic carbocycles. The summed E-state index contributed by atoms with van der Waals surface area (Å²) in [6.07, 6.45) is 6.62. The number of aromatic nitrogens is 2. The van der Waals surface area contributed by atoms with E-state index in [1.807, 2.05) is 6.07 Å². The minimum atomic E-state index is 0.491. The molecule has 0 radical (unpaired) electrons. The van der Waals surface area contributed by atoms with Crippen LogP contribution in [0.2, 0.25) is 0 Å². The molecule has 0 saturated carbocycles. The van der Waals surface area contributed by atoms with Crippen molar-refractivity contribution in [1.29, 1.82) is 0 Å². The molecule has 4 nitrogen and oxygen atoms in total. The molecule has 0 aliphatic heterocycles. The lowest BCUT2D eigenvalue weighted by molar-refractivity contribution is 0.319. The largest absolute Gasteiger partial charge is 0.410 e. The molecule has 0 saturated heterocycles. The van der Waals surface area contributed by atoms with Crippen LogP contribution in [0.5, 0.6) is 0 Å². The van der Waals surface area contributed by atoms with Crippen LogP contribution in [0.15, 0.2) is 54.2 Å². The van der Waals surface area contributed by atoms with Gasteiger partial charge < -0.3 is 5.21 Å². The second-order valence-electron chi connectivity index (χ2n) is 2.93. The molecule has 4 heteroatoms. The summed E-state index contributed by atoms with van der Waals surface area (Å²) in [5.74, 6) is 0. The van der Waals surface area contributed by atoms with Gasteiger partial charge in [-0.1, -0.05) is 5.16 Å². The highest BCUT2D eigenvalue weighted by molar-refractivity contribution is 6.12. The van der Waals surface area contributed by atoms with Crippen molar-refractivity contribution in [2.24, 2.45) is 5.16 Å². The van der Waals surface area contributed by atoms with Gasteiger partial charge in [0.05, 0.1) is 0 Å². The first-order valence-corrected chi connectivity index (χ1v) is 4.44. The Labute approximate surface area is 86.9 Å². The van der Waals surface area contributed by atoms with Crippen LogP contribution in [0.3, 0.4) is 0 Å². The monoisotopic (exact) mass is 199 g/mol. The van der Waals surface area contributed by atoms with Gasteiger partial charge in [0.2, 0.25) is 0 Å². The summed E-state index contributed by atoms with van der Waals surface area (Å²) in [4.78, 5) is 7.87. The van der Waals surface area contributed by atoms with E-state index in [-0.39, 0.29) is 0 Å². The third kappa shape index (κ3) is 1.99. The molecule has 2 heterocycles. The van der Waals surface area contributed by atoms with Gasteiger partial charge in [-0.2, -0.15) is 0 Å². The number of oxime groups is 1. The molecule has 0 unspecified atom stereocenters. The number of hydrogen-bond donors (Lipinski definition) is 1. The first kappa shape index (κ1) is 9.33. The van der Waals surface area contributed by atoms with Crippen LogP contribution >= 0.6 is 0 Å². The van der Waals surface area contributed by atoms with E-state index in [1.165, 1.54) is 0 Å². The molecule has 15 heavy (non-hydrogen) atoms. The summed E-state index contributed by atoms with van der Waals surface area (Å²) in [7, 11) is 0. The van der Waals surface area contributed by atoms with Gasteiger partial charge in [0, 0.05) is 35.9 Å². The average molecular weight is 199 g/mol. The van der Waals surface area contributed by atoms with Crippen LogP contribution in [0.25, 0.3) is 0 Å². The van der Waals surface area contributed by atoms with Crippen LogP contribution in [-0.4, -0.2) is 20.9 Å². The molecule has 2 rings (SSSR count). The van der Waals surface area contributed by atoms with Crippen LogP contribution in [0, 0.1) is 0 Å². The zero-order valence-corrected chi connectivity index (χ0v) is 7.91. The Morgan fingerprint density at radius 3 is 2.40 bits per heavy atom. The predicted octanol–water partition coefficient (Wildman–Crippen LogP) is 1.70. The Bertz CT molecular complexity index is 412. The van der Waals surface area contributed by atoms with Crippen molar-refractivity contribution in [3.63, 3.8) is 0 Å². The average Bonchev–Trinajstić information content (AvgIpc) is 2.33. The van der Waals surface area contributed by atoms with E-state index in [0.29, 0.717) is 5.71 Å². The molecule has 0 bridgehead atoms. The van der Waals surface area contributed by atoms with E-state index in [9.17, 15) is 0 Å². The van der Waals surface area contributed by atoms with Crippen molar-refractivity contribution in [1.82, 2.24) is 9.97 Å². The topological polar surface area (TPSA) is 58.4 Å². The zero-order chi connectivity index (χ0) is 10.5. The summed E-state index contributed by atoms with van der Waals surface area (Å²) >= 11 is 0. The zero-order valence-electron chi connectivity index (χ0n) is 7.91. The number of nitrogens with zero attached hydrogens (tertiary/aromatic N) is 3. The van der Waals surface area contributed by atoms with E-state index in [1.54, 1.807) is 43.0 Å². The smallest absolute Gasteiger partial charge is 0.118 e. The highest BCUT2D eigenvalue weighted by atomic mass is 16.4. The predicted molar refractivity (Wildman–Crippen MR) is 55.9 cm³/mol. The molecule has 0 atom stereocenters. The lowest BCUT2D eigenvalue weighted by atomic mass is 10.1. The molecule has 0 aliphatic rings. The molecule has 1 N–H and O–H groups in total. The molecule has 0 amide bonds. The molecule has 2 aromatic rings. The van der Waals surface area contributed by atoms with Crippen molar-refractivity contribution >= 4 is 5.71 Å². The van der Waals surface area contributed by atoms with E-state index >= 15 is 0 Å². The third-order valence-electron chi connectivity index (χ3n) is 1.99. The molecule has 74 valence electrons. The summed E-state index contributed by atoms with van der Waals surface area (Å²) in [5, 5.41) is 12.3. The van der Waals surface area contributed by atoms with E-state index < -0.39 is 0 Å². The van der Waals surface area contributed by atoms with E-state index in [0.717, 1.165) is 11.1 Å². The Morgan fingerprint density at radius 2 is 1.80 bits per heavy atom. The quantitative estimate of drug-likeness (QED) is 0.455. The summed E-state index contributed by atoms with van der Waals surface area (Å²) < 4.78 is 0. The molecular weight excluding hydrogens is 190 g/mol. The normalized spacial score (nSPS) is 11.3. The van der Waals surface area contributed by atoms with Crippen LogP contribution in [0.1, 0.15) is 11.1 Å². The molecule has 0 spiro atoms. The van der Waals surface area contributed by atoms with Crippen molar-refractivity contribution in [3.05, 3.63) is 60.2 Å². The minimum absolute atomic E-state index is 0.491. The minimum Gasteiger partial charge on any atom is -0.410 e. The maximum absolute atomic E-state index is 8.97. The fourth-order valence-corrected chi connectivity index (χ4v) is 1.29. The molecule has 0 aliphatic carbocycles. The third-order valence-corrected chi connectivity index (χ3v) is 1.99. The fourth-order valence-electron chi connectivity index (χ4n) is 1.29. The van der Waals surface area contributed by atoms with Crippen LogP contribution in [-0.2, 0) is 0 Å². The second-order valence-corrected chi connectivity index (χ2v) is 2.93. The number of hydrogen-bond acceptors (Lipinski definition) is 4. The van der Waals surface area contributed by atoms with Gasteiger partial charge in [-0.15, -0.1) is 0 Å². The Morgan fingerprint density at radius 1 is 1.00 bits per heavy atom. The van der Waals surface area contributed by atoms with Gasteiger partial charge in [-0.05, 0) is 24.3 Å².